The zero-order chi connectivity index (χ0) is 10.7. The van der Waals surface area contributed by atoms with E-state index in [-0.39, 0.29) is 12.6 Å². The van der Waals surface area contributed by atoms with Crippen LogP contribution in [0, 0.1) is 0 Å². The Balaban J connectivity index is 2.06. The van der Waals surface area contributed by atoms with Gasteiger partial charge in [-0.15, -0.1) is 0 Å². The summed E-state index contributed by atoms with van der Waals surface area (Å²) in [5.74, 6) is 0.594. The normalized spacial score (nSPS) is 26.5. The first-order valence-electron chi connectivity index (χ1n) is 5.39. The number of hydrogen-bond donors (Lipinski definition) is 2. The summed E-state index contributed by atoms with van der Waals surface area (Å²) in [7, 11) is 0. The average molecular weight is 270 g/mol. The Labute approximate surface area is 98.8 Å². The molecular weight excluding hydrogens is 254 g/mol. The molecule has 1 aliphatic heterocycles. The summed E-state index contributed by atoms with van der Waals surface area (Å²) in [6.45, 7) is 1.25. The molecule has 0 amide bonds. The molecule has 1 aromatic rings. The molecule has 1 aliphatic rings. The van der Waals surface area contributed by atoms with Gasteiger partial charge in [-0.2, -0.15) is 0 Å². The fourth-order valence-corrected chi connectivity index (χ4v) is 2.45. The Morgan fingerprint density at radius 3 is 2.73 bits per heavy atom. The number of benzene rings is 1. The molecule has 0 aromatic heterocycles. The van der Waals surface area contributed by atoms with Gasteiger partial charge < -0.3 is 10.4 Å². The molecule has 2 rings (SSSR count). The zero-order valence-corrected chi connectivity index (χ0v) is 10.2. The second-order valence-corrected chi connectivity index (χ2v) is 5.02. The molecule has 2 atom stereocenters. The van der Waals surface area contributed by atoms with Crippen molar-refractivity contribution in [2.24, 2.45) is 0 Å². The van der Waals surface area contributed by atoms with Crippen molar-refractivity contribution in [3.8, 4) is 0 Å². The van der Waals surface area contributed by atoms with Gasteiger partial charge in [0.25, 0.3) is 0 Å². The summed E-state index contributed by atoms with van der Waals surface area (Å²) in [4.78, 5) is 0. The third kappa shape index (κ3) is 2.80. The quantitative estimate of drug-likeness (QED) is 0.864. The number of aliphatic hydroxyl groups is 1. The molecule has 0 radical (unpaired) electrons. The maximum Gasteiger partial charge on any atom is 0.0584 e. The number of rotatable bonds is 2. The summed E-state index contributed by atoms with van der Waals surface area (Å²) in [6, 6.07) is 8.80. The van der Waals surface area contributed by atoms with Gasteiger partial charge in [-0.25, -0.2) is 0 Å². The second-order valence-electron chi connectivity index (χ2n) is 4.11. The third-order valence-corrected chi connectivity index (χ3v) is 3.59. The molecule has 0 spiro atoms. The predicted octanol–water partition coefficient (Wildman–Crippen LogP) is 2.28. The lowest BCUT2D eigenvalue weighted by atomic mass is 9.87. The third-order valence-electron chi connectivity index (χ3n) is 3.06. The molecule has 3 heteroatoms. The van der Waals surface area contributed by atoms with Gasteiger partial charge in [0.1, 0.15) is 0 Å². The van der Waals surface area contributed by atoms with Crippen LogP contribution in [-0.4, -0.2) is 24.3 Å². The van der Waals surface area contributed by atoms with E-state index in [2.05, 4.69) is 45.5 Å². The summed E-state index contributed by atoms with van der Waals surface area (Å²) >= 11 is 3.44. The van der Waals surface area contributed by atoms with E-state index in [4.69, 9.17) is 5.11 Å². The number of halogens is 1. The van der Waals surface area contributed by atoms with Crippen molar-refractivity contribution in [2.45, 2.75) is 24.8 Å². The Morgan fingerprint density at radius 1 is 1.33 bits per heavy atom. The van der Waals surface area contributed by atoms with Crippen LogP contribution in [0.1, 0.15) is 24.3 Å². The van der Waals surface area contributed by atoms with Crippen molar-refractivity contribution < 1.29 is 5.11 Å². The van der Waals surface area contributed by atoms with Crippen LogP contribution in [-0.2, 0) is 0 Å². The minimum atomic E-state index is 0.243. The summed E-state index contributed by atoms with van der Waals surface area (Å²) in [6.07, 6.45) is 2.20. The lowest BCUT2D eigenvalue weighted by Gasteiger charge is -2.29. The minimum absolute atomic E-state index is 0.243. The molecule has 1 aromatic carbocycles. The molecule has 1 fully saturated rings. The highest BCUT2D eigenvalue weighted by Gasteiger charge is 2.21. The fraction of sp³-hybridized carbons (Fsp3) is 0.500. The van der Waals surface area contributed by atoms with Crippen LogP contribution in [0.4, 0.5) is 0 Å². The molecule has 82 valence electrons. The topological polar surface area (TPSA) is 32.3 Å². The molecule has 0 bridgehead atoms. The minimum Gasteiger partial charge on any atom is -0.395 e. The number of piperidine rings is 1. The van der Waals surface area contributed by atoms with Gasteiger partial charge in [-0.1, -0.05) is 28.1 Å². The van der Waals surface area contributed by atoms with Crippen molar-refractivity contribution in [1.82, 2.24) is 5.32 Å². The fourth-order valence-electron chi connectivity index (χ4n) is 2.18. The molecule has 0 aliphatic carbocycles. The zero-order valence-electron chi connectivity index (χ0n) is 8.62. The standard InChI is InChI=1S/C12H16BrNO/c13-11-3-1-9(2-4-11)10-5-6-14-12(7-10)8-15/h1-4,10,12,14-15H,5-8H2. The average Bonchev–Trinajstić information content (AvgIpc) is 2.30. The summed E-state index contributed by atoms with van der Waals surface area (Å²) in [5.41, 5.74) is 1.39. The highest BCUT2D eigenvalue weighted by molar-refractivity contribution is 9.10. The number of nitrogens with one attached hydrogen (secondary N) is 1. The smallest absolute Gasteiger partial charge is 0.0584 e. The maximum absolute atomic E-state index is 9.13. The second kappa shape index (κ2) is 5.10. The van der Waals surface area contributed by atoms with Gasteiger partial charge in [-0.3, -0.25) is 0 Å². The Kier molecular flexibility index (Phi) is 3.78. The van der Waals surface area contributed by atoms with E-state index in [9.17, 15) is 0 Å². The summed E-state index contributed by atoms with van der Waals surface area (Å²) in [5, 5.41) is 12.5. The van der Waals surface area contributed by atoms with Gasteiger partial charge >= 0.3 is 0 Å². The van der Waals surface area contributed by atoms with E-state index >= 15 is 0 Å². The van der Waals surface area contributed by atoms with Crippen molar-refractivity contribution in [3.63, 3.8) is 0 Å². The van der Waals surface area contributed by atoms with E-state index in [1.807, 2.05) is 0 Å². The molecule has 1 heterocycles. The first-order chi connectivity index (χ1) is 7.29. The van der Waals surface area contributed by atoms with Gasteiger partial charge in [0.15, 0.2) is 0 Å². The molecule has 2 nitrogen and oxygen atoms in total. The lowest BCUT2D eigenvalue weighted by Crippen LogP contribution is -2.39. The van der Waals surface area contributed by atoms with Gasteiger partial charge in [0.2, 0.25) is 0 Å². The van der Waals surface area contributed by atoms with Gasteiger partial charge in [-0.05, 0) is 43.0 Å². The van der Waals surface area contributed by atoms with Crippen LogP contribution in [0.25, 0.3) is 0 Å². The van der Waals surface area contributed by atoms with Crippen molar-refractivity contribution in [2.75, 3.05) is 13.2 Å². The van der Waals surface area contributed by atoms with Crippen LogP contribution < -0.4 is 5.32 Å². The van der Waals surface area contributed by atoms with Crippen LogP contribution in [0.15, 0.2) is 28.7 Å². The van der Waals surface area contributed by atoms with Crippen molar-refractivity contribution in [3.05, 3.63) is 34.3 Å². The molecule has 1 saturated heterocycles. The highest BCUT2D eigenvalue weighted by Crippen LogP contribution is 2.28. The molecule has 0 saturated carbocycles. The Hall–Kier alpha value is -0.380. The van der Waals surface area contributed by atoms with Crippen LogP contribution >= 0.6 is 15.9 Å². The maximum atomic E-state index is 9.13. The summed E-state index contributed by atoms with van der Waals surface area (Å²) < 4.78 is 1.12. The predicted molar refractivity (Wildman–Crippen MR) is 65.0 cm³/mol. The largest absolute Gasteiger partial charge is 0.395 e. The van der Waals surface area contributed by atoms with Crippen LogP contribution in [0.2, 0.25) is 0 Å². The number of hydrogen-bond acceptors (Lipinski definition) is 2. The van der Waals surface area contributed by atoms with E-state index < -0.39 is 0 Å². The number of aliphatic hydroxyl groups excluding tert-OH is 1. The Morgan fingerprint density at radius 2 is 2.07 bits per heavy atom. The van der Waals surface area contributed by atoms with E-state index in [0.29, 0.717) is 5.92 Å². The molecule has 15 heavy (non-hydrogen) atoms. The highest BCUT2D eigenvalue weighted by atomic mass is 79.9. The first kappa shape index (κ1) is 11.1. The van der Waals surface area contributed by atoms with Crippen LogP contribution in [0.3, 0.4) is 0 Å². The van der Waals surface area contributed by atoms with E-state index in [1.54, 1.807) is 0 Å². The lowest BCUT2D eigenvalue weighted by molar-refractivity contribution is 0.210. The van der Waals surface area contributed by atoms with Gasteiger partial charge in [0, 0.05) is 10.5 Å². The molecule has 2 unspecified atom stereocenters. The first-order valence-corrected chi connectivity index (χ1v) is 6.18. The Bertz CT molecular complexity index is 312. The van der Waals surface area contributed by atoms with Crippen molar-refractivity contribution in [1.29, 1.82) is 0 Å². The molecular formula is C12H16BrNO. The van der Waals surface area contributed by atoms with Gasteiger partial charge in [0.05, 0.1) is 6.61 Å². The van der Waals surface area contributed by atoms with E-state index in [0.717, 1.165) is 23.9 Å². The van der Waals surface area contributed by atoms with E-state index in [1.165, 1.54) is 5.56 Å². The van der Waals surface area contributed by atoms with Crippen LogP contribution in [0.5, 0.6) is 0 Å². The molecule has 2 N–H and O–H groups in total. The van der Waals surface area contributed by atoms with Crippen molar-refractivity contribution >= 4 is 15.9 Å². The SMILES string of the molecule is OCC1CC(c2ccc(Br)cc2)CCN1. The monoisotopic (exact) mass is 269 g/mol.